The zero-order chi connectivity index (χ0) is 27.2. The second-order valence-electron chi connectivity index (χ2n) is 9.09. The second kappa shape index (κ2) is 11.4. The van der Waals surface area contributed by atoms with Crippen molar-refractivity contribution in [1.29, 1.82) is 0 Å². The smallest absolute Gasteiger partial charge is 0.336 e. The van der Waals surface area contributed by atoms with Crippen LogP contribution in [-0.4, -0.2) is 20.2 Å². The highest BCUT2D eigenvalue weighted by molar-refractivity contribution is 5.97. The molecule has 6 nitrogen and oxygen atoms in total. The van der Waals surface area contributed by atoms with Gasteiger partial charge in [-0.25, -0.2) is 9.59 Å². The first-order valence-electron chi connectivity index (χ1n) is 12.5. The zero-order valence-electron chi connectivity index (χ0n) is 21.1. The van der Waals surface area contributed by atoms with Crippen LogP contribution in [0, 0.1) is 0 Å². The van der Waals surface area contributed by atoms with Crippen molar-refractivity contribution in [2.75, 3.05) is 0 Å². The van der Waals surface area contributed by atoms with Gasteiger partial charge >= 0.3 is 11.7 Å². The number of hydrogen-bond acceptors (Lipinski definition) is 3. The molecule has 0 aliphatic heterocycles. The zero-order valence-corrected chi connectivity index (χ0v) is 21.1. The van der Waals surface area contributed by atoms with Gasteiger partial charge in [-0.3, -0.25) is 13.9 Å². The van der Waals surface area contributed by atoms with Crippen molar-refractivity contribution in [3.8, 4) is 11.1 Å². The Morgan fingerprint density at radius 2 is 1.15 bits per heavy atom. The lowest BCUT2D eigenvalue weighted by Gasteiger charge is -2.19. The molecule has 0 aliphatic rings. The Kier molecular flexibility index (Phi) is 7.46. The largest absolute Gasteiger partial charge is 0.478 e. The van der Waals surface area contributed by atoms with Gasteiger partial charge in [0.15, 0.2) is 0 Å². The van der Waals surface area contributed by atoms with Gasteiger partial charge in [-0.05, 0) is 28.8 Å². The van der Waals surface area contributed by atoms with Crippen LogP contribution in [0.2, 0.25) is 0 Å². The van der Waals surface area contributed by atoms with E-state index in [4.69, 9.17) is 0 Å². The molecule has 0 saturated heterocycles. The summed E-state index contributed by atoms with van der Waals surface area (Å²) in [5.41, 5.74) is 2.26. The second-order valence-corrected chi connectivity index (χ2v) is 9.09. The molecule has 6 heteroatoms. The summed E-state index contributed by atoms with van der Waals surface area (Å²) in [7, 11) is 0. The Morgan fingerprint density at radius 1 is 0.641 bits per heavy atom. The van der Waals surface area contributed by atoms with Crippen molar-refractivity contribution in [2.45, 2.75) is 13.1 Å². The van der Waals surface area contributed by atoms with Gasteiger partial charge in [0.2, 0.25) is 0 Å². The van der Waals surface area contributed by atoms with Gasteiger partial charge in [-0.2, -0.15) is 0 Å². The van der Waals surface area contributed by atoms with Gasteiger partial charge in [0, 0.05) is 5.56 Å². The maximum Gasteiger partial charge on any atom is 0.336 e. The average molecular weight is 515 g/mol. The summed E-state index contributed by atoms with van der Waals surface area (Å²) in [6, 6.07) is 34.7. The molecule has 1 heterocycles. The van der Waals surface area contributed by atoms with Crippen LogP contribution >= 0.6 is 0 Å². The minimum absolute atomic E-state index is 0.0138. The molecule has 0 fully saturated rings. The highest BCUT2D eigenvalue weighted by atomic mass is 16.4. The van der Waals surface area contributed by atoms with Crippen molar-refractivity contribution in [2.24, 2.45) is 0 Å². The van der Waals surface area contributed by atoms with E-state index >= 15 is 0 Å². The number of aromatic nitrogens is 2. The van der Waals surface area contributed by atoms with Crippen LogP contribution in [0.3, 0.4) is 0 Å². The third kappa shape index (κ3) is 5.55. The summed E-state index contributed by atoms with van der Waals surface area (Å²) in [6.07, 6.45) is 3.55. The molecule has 4 aromatic carbocycles. The van der Waals surface area contributed by atoms with Gasteiger partial charge in [0.1, 0.15) is 0 Å². The van der Waals surface area contributed by atoms with Gasteiger partial charge in [-0.15, -0.1) is 0 Å². The molecule has 0 amide bonds. The van der Waals surface area contributed by atoms with Gasteiger partial charge in [0.25, 0.3) is 5.56 Å². The summed E-state index contributed by atoms with van der Waals surface area (Å²) in [5, 5.41) is 9.98. The predicted molar refractivity (Wildman–Crippen MR) is 154 cm³/mol. The normalized spacial score (nSPS) is 11.1. The SMILES string of the molecule is O=C(O)c1ccccc1-c1c(C=Cc2ccccc2)n(Cc2ccccc2)c(=O)n(Cc2ccccc2)c1=O. The minimum atomic E-state index is -1.15. The fourth-order valence-corrected chi connectivity index (χ4v) is 4.59. The molecule has 0 aliphatic carbocycles. The number of nitrogens with zero attached hydrogens (tertiary/aromatic N) is 2. The number of benzene rings is 4. The van der Waals surface area contributed by atoms with Crippen LogP contribution in [0.1, 0.15) is 32.7 Å². The molecule has 0 atom stereocenters. The molecular formula is C33H26N2O4. The number of hydrogen-bond donors (Lipinski definition) is 1. The number of rotatable bonds is 8. The van der Waals surface area contributed by atoms with E-state index in [0.29, 0.717) is 5.69 Å². The van der Waals surface area contributed by atoms with Crippen molar-refractivity contribution in [1.82, 2.24) is 9.13 Å². The first-order chi connectivity index (χ1) is 19.0. The monoisotopic (exact) mass is 514 g/mol. The highest BCUT2D eigenvalue weighted by Crippen LogP contribution is 2.26. The van der Waals surface area contributed by atoms with E-state index in [-0.39, 0.29) is 29.8 Å². The van der Waals surface area contributed by atoms with Gasteiger partial charge in [-0.1, -0.05) is 115 Å². The lowest BCUT2D eigenvalue weighted by Crippen LogP contribution is -2.42. The third-order valence-electron chi connectivity index (χ3n) is 6.49. The van der Waals surface area contributed by atoms with E-state index in [1.54, 1.807) is 28.8 Å². The first-order valence-corrected chi connectivity index (χ1v) is 12.5. The van der Waals surface area contributed by atoms with Crippen LogP contribution in [0.15, 0.2) is 125 Å². The molecule has 1 N–H and O–H groups in total. The highest BCUT2D eigenvalue weighted by Gasteiger charge is 2.23. The molecule has 5 rings (SSSR count). The fraction of sp³-hybridized carbons (Fsp3) is 0.0606. The predicted octanol–water partition coefficient (Wildman–Crippen LogP) is 5.64. The van der Waals surface area contributed by atoms with Crippen molar-refractivity contribution >= 4 is 18.1 Å². The fourth-order valence-electron chi connectivity index (χ4n) is 4.59. The van der Waals surface area contributed by atoms with Crippen molar-refractivity contribution < 1.29 is 9.90 Å². The number of aromatic carboxylic acids is 1. The van der Waals surface area contributed by atoms with Crippen LogP contribution in [0.4, 0.5) is 0 Å². The van der Waals surface area contributed by atoms with Crippen LogP contribution in [0.25, 0.3) is 23.3 Å². The molecule has 0 saturated carbocycles. The number of carboxylic acid groups (broad SMARTS) is 1. The maximum atomic E-state index is 14.1. The number of carbonyl (C=O) groups is 1. The Bertz CT molecular complexity index is 1750. The molecular weight excluding hydrogens is 488 g/mol. The summed E-state index contributed by atoms with van der Waals surface area (Å²) in [4.78, 5) is 40.4. The van der Waals surface area contributed by atoms with Crippen molar-refractivity contribution in [3.63, 3.8) is 0 Å². The van der Waals surface area contributed by atoms with Crippen LogP contribution in [-0.2, 0) is 13.1 Å². The number of carboxylic acids is 1. The van der Waals surface area contributed by atoms with E-state index < -0.39 is 17.2 Å². The average Bonchev–Trinajstić information content (AvgIpc) is 2.97. The molecule has 0 bridgehead atoms. The maximum absolute atomic E-state index is 14.1. The molecule has 5 aromatic rings. The van der Waals surface area contributed by atoms with E-state index in [0.717, 1.165) is 16.7 Å². The van der Waals surface area contributed by atoms with E-state index in [9.17, 15) is 19.5 Å². The van der Waals surface area contributed by atoms with Crippen LogP contribution in [0.5, 0.6) is 0 Å². The lowest BCUT2D eigenvalue weighted by molar-refractivity contribution is 0.0697. The summed E-state index contributed by atoms with van der Waals surface area (Å²) in [6.45, 7) is 0.254. The Morgan fingerprint density at radius 3 is 1.74 bits per heavy atom. The minimum Gasteiger partial charge on any atom is -0.478 e. The van der Waals surface area contributed by atoms with E-state index in [2.05, 4.69) is 0 Å². The third-order valence-corrected chi connectivity index (χ3v) is 6.49. The molecule has 0 spiro atoms. The van der Waals surface area contributed by atoms with E-state index in [1.165, 1.54) is 10.6 Å². The summed E-state index contributed by atoms with van der Waals surface area (Å²) in [5.74, 6) is -1.15. The molecule has 192 valence electrons. The summed E-state index contributed by atoms with van der Waals surface area (Å²) < 4.78 is 2.74. The van der Waals surface area contributed by atoms with Gasteiger partial charge in [0.05, 0.1) is 29.9 Å². The quantitative estimate of drug-likeness (QED) is 0.291. The standard InChI is InChI=1S/C33H26N2O4/c36-31-30(27-18-10-11-19-28(27)32(37)38)29(21-20-24-12-4-1-5-13-24)34(22-25-14-6-2-7-15-25)33(39)35(31)23-26-16-8-3-9-17-26/h1-21H,22-23H2,(H,37,38). The summed E-state index contributed by atoms with van der Waals surface area (Å²) >= 11 is 0. The van der Waals surface area contributed by atoms with E-state index in [1.807, 2.05) is 97.1 Å². The van der Waals surface area contributed by atoms with Crippen molar-refractivity contribution in [3.05, 3.63) is 164 Å². The molecule has 1 aromatic heterocycles. The molecule has 0 radical (unpaired) electrons. The molecule has 0 unspecified atom stereocenters. The van der Waals surface area contributed by atoms with Gasteiger partial charge < -0.3 is 5.11 Å². The lowest BCUT2D eigenvalue weighted by atomic mass is 9.98. The van der Waals surface area contributed by atoms with Crippen LogP contribution < -0.4 is 11.2 Å². The topological polar surface area (TPSA) is 81.3 Å². The molecule has 39 heavy (non-hydrogen) atoms. The Balaban J connectivity index is 1.84. The Hall–Kier alpha value is -5.23. The first kappa shape index (κ1) is 25.4. The Labute approximate surface area is 225 Å².